The lowest BCUT2D eigenvalue weighted by Crippen LogP contribution is -2.52. The maximum atomic E-state index is 12.9. The number of nitrogens with two attached hydrogens (primary N) is 1. The molecule has 0 radical (unpaired) electrons. The minimum atomic E-state index is -0.175. The first-order valence-corrected chi connectivity index (χ1v) is 12.4. The number of aromatic nitrogens is 1. The summed E-state index contributed by atoms with van der Waals surface area (Å²) in [5.74, 6) is 1.54. The number of carbonyl (C=O) groups excluding carboxylic acids is 1. The highest BCUT2D eigenvalue weighted by Crippen LogP contribution is 2.43. The average molecular weight is 465 g/mol. The van der Waals surface area contributed by atoms with Crippen LogP contribution < -0.4 is 25.8 Å². The highest BCUT2D eigenvalue weighted by molar-refractivity contribution is 7.21. The Morgan fingerprint density at radius 1 is 1.33 bits per heavy atom. The van der Waals surface area contributed by atoms with E-state index in [9.17, 15) is 4.79 Å². The monoisotopic (exact) mass is 464 g/mol. The number of amides is 1. The van der Waals surface area contributed by atoms with Crippen molar-refractivity contribution in [1.82, 2.24) is 15.6 Å². The van der Waals surface area contributed by atoms with Gasteiger partial charge in [0.25, 0.3) is 5.91 Å². The minimum absolute atomic E-state index is 0.114. The number of nitrogen functional groups attached to an aromatic ring is 1. The van der Waals surface area contributed by atoms with E-state index in [1.54, 1.807) is 0 Å². The predicted octanol–water partition coefficient (Wildman–Crippen LogP) is 3.44. The summed E-state index contributed by atoms with van der Waals surface area (Å²) in [7, 11) is 0. The van der Waals surface area contributed by atoms with E-state index >= 15 is 0 Å². The summed E-state index contributed by atoms with van der Waals surface area (Å²) in [6.45, 7) is 4.59. The number of nitrogens with one attached hydrogen (secondary N) is 2. The average Bonchev–Trinajstić information content (AvgIpc) is 3.35. The quantitative estimate of drug-likeness (QED) is 0.547. The molecule has 1 unspecified atom stereocenters. The van der Waals surface area contributed by atoms with Crippen molar-refractivity contribution < 1.29 is 14.3 Å². The van der Waals surface area contributed by atoms with Crippen molar-refractivity contribution >= 4 is 33.1 Å². The van der Waals surface area contributed by atoms with Crippen LogP contribution in [0.25, 0.3) is 10.2 Å². The van der Waals surface area contributed by atoms with Gasteiger partial charge in [-0.1, -0.05) is 6.07 Å². The second-order valence-corrected chi connectivity index (χ2v) is 10.7. The molecule has 1 spiro atoms. The topological polar surface area (TPSA) is 98.5 Å². The lowest BCUT2D eigenvalue weighted by atomic mass is 9.80. The van der Waals surface area contributed by atoms with Crippen molar-refractivity contribution in [3.05, 3.63) is 46.5 Å². The third-order valence-electron chi connectivity index (χ3n) is 7.18. The molecule has 172 valence electrons. The number of hydrogen-bond donors (Lipinski definition) is 3. The lowest BCUT2D eigenvalue weighted by molar-refractivity contribution is 0.0919. The number of carbonyl (C=O) groups is 1. The molecule has 4 N–H and O–H groups in total. The fourth-order valence-electron chi connectivity index (χ4n) is 5.27. The van der Waals surface area contributed by atoms with Crippen LogP contribution >= 0.6 is 11.3 Å². The number of hydrogen-bond acceptors (Lipinski definition) is 7. The molecule has 33 heavy (non-hydrogen) atoms. The molecule has 2 atom stereocenters. The third-order valence-corrected chi connectivity index (χ3v) is 8.29. The van der Waals surface area contributed by atoms with Gasteiger partial charge in [0.2, 0.25) is 0 Å². The normalized spacial score (nSPS) is 23.1. The second-order valence-electron chi connectivity index (χ2n) is 9.69. The predicted molar refractivity (Wildman–Crippen MR) is 129 cm³/mol. The second kappa shape index (κ2) is 7.88. The number of aryl methyl sites for hydroxylation is 1. The van der Waals surface area contributed by atoms with Crippen LogP contribution in [-0.2, 0) is 6.42 Å². The summed E-state index contributed by atoms with van der Waals surface area (Å²) in [6.07, 6.45) is 4.48. The smallest absolute Gasteiger partial charge is 0.263 e. The number of ether oxygens (including phenoxy) is 2. The van der Waals surface area contributed by atoms with Gasteiger partial charge < -0.3 is 25.8 Å². The number of fused-ring (bicyclic) bond motifs is 2. The maximum absolute atomic E-state index is 12.9. The van der Waals surface area contributed by atoms with Gasteiger partial charge in [-0.05, 0) is 61.8 Å². The molecule has 2 aliphatic heterocycles. The Hall–Kier alpha value is -2.84. The Morgan fingerprint density at radius 2 is 2.21 bits per heavy atom. The molecule has 4 heterocycles. The highest BCUT2D eigenvalue weighted by atomic mass is 32.1. The Labute approximate surface area is 196 Å². The minimum Gasteiger partial charge on any atom is -0.491 e. The zero-order valence-electron chi connectivity index (χ0n) is 18.6. The zero-order valence-corrected chi connectivity index (χ0v) is 19.5. The molecular weight excluding hydrogens is 436 g/mol. The Morgan fingerprint density at radius 3 is 3.00 bits per heavy atom. The van der Waals surface area contributed by atoms with Gasteiger partial charge in [-0.2, -0.15) is 0 Å². The van der Waals surface area contributed by atoms with Gasteiger partial charge in [-0.25, -0.2) is 4.98 Å². The van der Waals surface area contributed by atoms with Crippen LogP contribution in [0.15, 0.2) is 30.3 Å². The van der Waals surface area contributed by atoms with Crippen LogP contribution in [0.5, 0.6) is 11.5 Å². The van der Waals surface area contributed by atoms with Crippen LogP contribution in [0.3, 0.4) is 0 Å². The fraction of sp³-hybridized carbons (Fsp3) is 0.440. The molecule has 1 amide bonds. The first-order chi connectivity index (χ1) is 16.0. The van der Waals surface area contributed by atoms with E-state index in [0.717, 1.165) is 58.9 Å². The van der Waals surface area contributed by atoms with E-state index in [-0.39, 0.29) is 18.1 Å². The molecule has 1 saturated carbocycles. The van der Waals surface area contributed by atoms with Crippen LogP contribution in [-0.4, -0.2) is 42.7 Å². The summed E-state index contributed by atoms with van der Waals surface area (Å²) in [5.41, 5.74) is 9.18. The van der Waals surface area contributed by atoms with E-state index in [0.29, 0.717) is 29.0 Å². The molecule has 3 aliphatic rings. The molecule has 6 rings (SSSR count). The summed E-state index contributed by atoms with van der Waals surface area (Å²) in [4.78, 5) is 18.7. The van der Waals surface area contributed by atoms with Gasteiger partial charge >= 0.3 is 0 Å². The molecule has 2 aromatic heterocycles. The largest absolute Gasteiger partial charge is 0.491 e. The van der Waals surface area contributed by atoms with Crippen LogP contribution in [0.2, 0.25) is 0 Å². The van der Waals surface area contributed by atoms with Crippen molar-refractivity contribution in [2.24, 2.45) is 5.41 Å². The highest BCUT2D eigenvalue weighted by Gasteiger charge is 2.44. The number of nitrogens with zero attached hydrogens (tertiary/aromatic N) is 1. The molecule has 0 bridgehead atoms. The zero-order chi connectivity index (χ0) is 22.6. The molecular formula is C25H28N4O3S. The standard InChI is InChI=1S/C25H28N4O3S/c1-14-2-5-19-21(26)22(33-24(19)28-14)23(30)29-16-8-15-3-4-17(9-20(15)31-11-16)32-18-6-7-25(10-18)12-27-13-25/h2-5,9,16,18,27H,6-8,10-13,26H2,1H3,(H,29,30)/t16-,18?/m1/s1. The third kappa shape index (κ3) is 3.81. The van der Waals surface area contributed by atoms with E-state index < -0.39 is 0 Å². The van der Waals surface area contributed by atoms with Crippen LogP contribution in [0, 0.1) is 12.3 Å². The van der Waals surface area contributed by atoms with Gasteiger partial charge in [0.1, 0.15) is 27.8 Å². The van der Waals surface area contributed by atoms with Gasteiger partial charge in [-0.3, -0.25) is 4.79 Å². The van der Waals surface area contributed by atoms with Gasteiger partial charge in [0.05, 0.1) is 17.8 Å². The Kier molecular flexibility index (Phi) is 4.96. The number of thiophene rings is 1. The van der Waals surface area contributed by atoms with E-state index in [1.165, 1.54) is 17.8 Å². The van der Waals surface area contributed by atoms with Gasteiger partial charge in [-0.15, -0.1) is 11.3 Å². The number of pyridine rings is 1. The van der Waals surface area contributed by atoms with E-state index in [2.05, 4.69) is 21.7 Å². The molecule has 3 aromatic rings. The first-order valence-electron chi connectivity index (χ1n) is 11.6. The Bertz CT molecular complexity index is 1240. The van der Waals surface area contributed by atoms with Crippen molar-refractivity contribution in [3.8, 4) is 11.5 Å². The molecule has 8 heteroatoms. The SMILES string of the molecule is Cc1ccc2c(N)c(C(=O)N[C@H]3COc4cc(OC5CCC6(CNC6)C5)ccc4C3)sc2n1. The molecule has 1 aromatic carbocycles. The number of rotatable bonds is 4. The maximum Gasteiger partial charge on any atom is 0.263 e. The fourth-order valence-corrected chi connectivity index (χ4v) is 6.32. The van der Waals surface area contributed by atoms with Crippen molar-refractivity contribution in [2.45, 2.75) is 44.8 Å². The molecule has 1 aliphatic carbocycles. The van der Waals surface area contributed by atoms with E-state index in [4.69, 9.17) is 15.2 Å². The van der Waals surface area contributed by atoms with E-state index in [1.807, 2.05) is 31.2 Å². The summed E-state index contributed by atoms with van der Waals surface area (Å²) in [6, 6.07) is 9.79. The molecule has 2 fully saturated rings. The first kappa shape index (κ1) is 20.7. The summed E-state index contributed by atoms with van der Waals surface area (Å²) in [5, 5.41) is 7.31. The summed E-state index contributed by atoms with van der Waals surface area (Å²) >= 11 is 1.33. The Balaban J connectivity index is 1.11. The summed E-state index contributed by atoms with van der Waals surface area (Å²) < 4.78 is 12.3. The van der Waals surface area contributed by atoms with Gasteiger partial charge in [0.15, 0.2) is 0 Å². The van der Waals surface area contributed by atoms with Crippen molar-refractivity contribution in [2.75, 3.05) is 25.4 Å². The number of anilines is 1. The molecule has 7 nitrogen and oxygen atoms in total. The molecule has 1 saturated heterocycles. The van der Waals surface area contributed by atoms with Crippen LogP contribution in [0.1, 0.15) is 40.2 Å². The van der Waals surface area contributed by atoms with Gasteiger partial charge in [0, 0.05) is 30.2 Å². The van der Waals surface area contributed by atoms with Crippen LogP contribution in [0.4, 0.5) is 5.69 Å². The lowest BCUT2D eigenvalue weighted by Gasteiger charge is -2.39. The van der Waals surface area contributed by atoms with Crippen molar-refractivity contribution in [3.63, 3.8) is 0 Å². The number of benzene rings is 1. The van der Waals surface area contributed by atoms with Crippen molar-refractivity contribution in [1.29, 1.82) is 0 Å².